The van der Waals surface area contributed by atoms with E-state index < -0.39 is 6.09 Å². The molecule has 0 fully saturated rings. The van der Waals surface area contributed by atoms with Crippen LogP contribution in [0.15, 0.2) is 72.8 Å². The lowest BCUT2D eigenvalue weighted by molar-refractivity contribution is 0.0971. The summed E-state index contributed by atoms with van der Waals surface area (Å²) >= 11 is 0. The van der Waals surface area contributed by atoms with Crippen molar-refractivity contribution in [2.24, 2.45) is 0 Å². The van der Waals surface area contributed by atoms with Gasteiger partial charge in [-0.05, 0) is 52.9 Å². The number of nitrogens with one attached hydrogen (secondary N) is 1. The number of alkyl carbamates (subject to hydrolysis) is 1. The van der Waals surface area contributed by atoms with E-state index in [0.29, 0.717) is 50.7 Å². The summed E-state index contributed by atoms with van der Waals surface area (Å²) in [5, 5.41) is 2.78. The molecule has 0 bridgehead atoms. The Morgan fingerprint density at radius 2 is 1.52 bits per heavy atom. The number of carbonyl (C=O) groups excluding carboxylic acids is 2. The van der Waals surface area contributed by atoms with Crippen LogP contribution >= 0.6 is 0 Å². The first kappa shape index (κ1) is 22.6. The van der Waals surface area contributed by atoms with Gasteiger partial charge in [0, 0.05) is 24.6 Å². The summed E-state index contributed by atoms with van der Waals surface area (Å²) < 4.78 is 16.6. The Kier molecular flexibility index (Phi) is 7.72. The molecule has 170 valence electrons. The fraction of sp³-hybridized carbons (Fsp3) is 0.259. The molecule has 0 heterocycles. The van der Waals surface area contributed by atoms with Gasteiger partial charge in [0.25, 0.3) is 0 Å². The van der Waals surface area contributed by atoms with Crippen molar-refractivity contribution in [3.63, 3.8) is 0 Å². The maximum Gasteiger partial charge on any atom is 0.407 e. The van der Waals surface area contributed by atoms with Gasteiger partial charge < -0.3 is 19.5 Å². The highest BCUT2D eigenvalue weighted by Crippen LogP contribution is 2.44. The van der Waals surface area contributed by atoms with E-state index in [9.17, 15) is 9.59 Å². The first-order chi connectivity index (χ1) is 16.3. The second-order valence-electron chi connectivity index (χ2n) is 7.75. The molecule has 3 aromatic carbocycles. The minimum Gasteiger partial charge on any atom is -0.491 e. The number of ether oxygens (including phenoxy) is 3. The van der Waals surface area contributed by atoms with Crippen LogP contribution in [0.2, 0.25) is 0 Å². The van der Waals surface area contributed by atoms with Gasteiger partial charge in [0.05, 0.1) is 6.61 Å². The van der Waals surface area contributed by atoms with Crippen molar-refractivity contribution in [3.05, 3.63) is 89.5 Å². The Balaban J connectivity index is 1.10. The van der Waals surface area contributed by atoms with Crippen molar-refractivity contribution >= 4 is 12.4 Å². The first-order valence-electron chi connectivity index (χ1n) is 11.1. The van der Waals surface area contributed by atoms with E-state index in [1.807, 2.05) is 24.3 Å². The molecular formula is C27H27NO5. The molecule has 1 aliphatic rings. The summed E-state index contributed by atoms with van der Waals surface area (Å²) in [5.74, 6) is 0.752. The summed E-state index contributed by atoms with van der Waals surface area (Å²) in [6.07, 6.45) is 1.06. The van der Waals surface area contributed by atoms with E-state index in [-0.39, 0.29) is 5.92 Å². The molecule has 0 atom stereocenters. The zero-order chi connectivity index (χ0) is 22.9. The van der Waals surface area contributed by atoms with Gasteiger partial charge in [-0.2, -0.15) is 0 Å². The van der Waals surface area contributed by atoms with E-state index in [1.54, 1.807) is 24.3 Å². The fourth-order valence-electron chi connectivity index (χ4n) is 3.98. The average Bonchev–Trinajstić information content (AvgIpc) is 3.18. The van der Waals surface area contributed by atoms with Gasteiger partial charge >= 0.3 is 6.09 Å². The minimum atomic E-state index is -0.418. The molecule has 3 aromatic rings. The molecule has 1 N–H and O–H groups in total. The number of amides is 1. The van der Waals surface area contributed by atoms with Crippen LogP contribution in [-0.4, -0.2) is 45.4 Å². The van der Waals surface area contributed by atoms with E-state index in [4.69, 9.17) is 14.2 Å². The third kappa shape index (κ3) is 5.79. The molecule has 0 saturated heterocycles. The molecule has 0 radical (unpaired) electrons. The molecule has 33 heavy (non-hydrogen) atoms. The van der Waals surface area contributed by atoms with Crippen LogP contribution in [0, 0.1) is 0 Å². The summed E-state index contributed by atoms with van der Waals surface area (Å²) in [4.78, 5) is 22.8. The Bertz CT molecular complexity index is 1030. The second kappa shape index (κ2) is 11.3. The highest BCUT2D eigenvalue weighted by atomic mass is 16.5. The molecule has 6 nitrogen and oxygen atoms in total. The number of hydrogen-bond donors (Lipinski definition) is 1. The van der Waals surface area contributed by atoms with Gasteiger partial charge in [0.1, 0.15) is 25.2 Å². The van der Waals surface area contributed by atoms with Crippen molar-refractivity contribution < 1.29 is 23.8 Å². The molecular weight excluding hydrogens is 418 g/mol. The molecule has 6 heteroatoms. The number of aldehydes is 1. The van der Waals surface area contributed by atoms with Crippen LogP contribution in [0.1, 0.15) is 33.8 Å². The number of rotatable bonds is 11. The van der Waals surface area contributed by atoms with E-state index in [2.05, 4.69) is 29.6 Å². The van der Waals surface area contributed by atoms with E-state index in [0.717, 1.165) is 6.29 Å². The van der Waals surface area contributed by atoms with E-state index >= 15 is 0 Å². The summed E-state index contributed by atoms with van der Waals surface area (Å²) in [6.45, 7) is 2.16. The van der Waals surface area contributed by atoms with Gasteiger partial charge in [-0.15, -0.1) is 0 Å². The Labute approximate surface area is 193 Å². The topological polar surface area (TPSA) is 73.9 Å². The highest BCUT2D eigenvalue weighted by Gasteiger charge is 2.28. The van der Waals surface area contributed by atoms with Gasteiger partial charge in [0.2, 0.25) is 0 Å². The number of benzene rings is 3. The van der Waals surface area contributed by atoms with Crippen molar-refractivity contribution in [1.82, 2.24) is 5.32 Å². The van der Waals surface area contributed by atoms with Crippen LogP contribution in [0.3, 0.4) is 0 Å². The molecule has 0 spiro atoms. The van der Waals surface area contributed by atoms with E-state index in [1.165, 1.54) is 22.3 Å². The largest absolute Gasteiger partial charge is 0.491 e. The quantitative estimate of drug-likeness (QED) is 0.338. The molecule has 0 aromatic heterocycles. The summed E-state index contributed by atoms with van der Waals surface area (Å²) in [7, 11) is 0. The molecule has 0 unspecified atom stereocenters. The fourth-order valence-corrected chi connectivity index (χ4v) is 3.98. The highest BCUT2D eigenvalue weighted by molar-refractivity contribution is 5.79. The first-order valence-corrected chi connectivity index (χ1v) is 11.1. The predicted molar refractivity (Wildman–Crippen MR) is 126 cm³/mol. The zero-order valence-corrected chi connectivity index (χ0v) is 18.4. The maximum atomic E-state index is 12.1. The maximum absolute atomic E-state index is 12.1. The normalized spacial score (nSPS) is 12.0. The average molecular weight is 446 g/mol. The van der Waals surface area contributed by atoms with Crippen molar-refractivity contribution in [2.45, 2.75) is 12.3 Å². The van der Waals surface area contributed by atoms with Crippen LogP contribution in [0.5, 0.6) is 5.75 Å². The monoisotopic (exact) mass is 445 g/mol. The summed E-state index contributed by atoms with van der Waals surface area (Å²) in [5.41, 5.74) is 5.42. The number of fused-ring (bicyclic) bond motifs is 3. The van der Waals surface area contributed by atoms with Gasteiger partial charge in [-0.1, -0.05) is 48.5 Å². The number of carbonyl (C=O) groups is 2. The van der Waals surface area contributed by atoms with Crippen molar-refractivity contribution in [2.75, 3.05) is 33.0 Å². The van der Waals surface area contributed by atoms with Gasteiger partial charge in [-0.3, -0.25) is 4.79 Å². The lowest BCUT2D eigenvalue weighted by Gasteiger charge is -2.14. The minimum absolute atomic E-state index is 0.0566. The standard InChI is InChI=1S/C27H27NO5/c29-18-20-10-12-21(13-11-20)32-17-16-31-15-5-14-28-27(30)33-19-26-24-8-3-1-6-22(24)23-7-2-4-9-25(23)26/h1-4,6-13,18,26H,5,14-17,19H2,(H,28,30). The SMILES string of the molecule is O=Cc1ccc(OCCOCCCNC(=O)OCC2c3ccccc3-c3ccccc32)cc1. The Hall–Kier alpha value is -3.64. The van der Waals surface area contributed by atoms with Gasteiger partial charge in [0.15, 0.2) is 0 Å². The smallest absolute Gasteiger partial charge is 0.407 e. The number of hydrogen-bond acceptors (Lipinski definition) is 5. The zero-order valence-electron chi connectivity index (χ0n) is 18.4. The molecule has 4 rings (SSSR count). The lowest BCUT2D eigenvalue weighted by atomic mass is 9.98. The Morgan fingerprint density at radius 3 is 2.18 bits per heavy atom. The van der Waals surface area contributed by atoms with Crippen LogP contribution in [-0.2, 0) is 9.47 Å². The van der Waals surface area contributed by atoms with Crippen LogP contribution in [0.4, 0.5) is 4.79 Å². The second-order valence-corrected chi connectivity index (χ2v) is 7.75. The lowest BCUT2D eigenvalue weighted by Crippen LogP contribution is -2.27. The molecule has 0 saturated carbocycles. The van der Waals surface area contributed by atoms with Crippen LogP contribution < -0.4 is 10.1 Å². The van der Waals surface area contributed by atoms with Crippen molar-refractivity contribution in [1.29, 1.82) is 0 Å². The summed E-state index contributed by atoms with van der Waals surface area (Å²) in [6, 6.07) is 23.5. The molecule has 1 amide bonds. The third-order valence-electron chi connectivity index (χ3n) is 5.59. The predicted octanol–water partition coefficient (Wildman–Crippen LogP) is 4.82. The molecule has 0 aliphatic heterocycles. The third-order valence-corrected chi connectivity index (χ3v) is 5.59. The van der Waals surface area contributed by atoms with Crippen LogP contribution in [0.25, 0.3) is 11.1 Å². The van der Waals surface area contributed by atoms with Gasteiger partial charge in [-0.25, -0.2) is 4.79 Å². The van der Waals surface area contributed by atoms with Crippen molar-refractivity contribution in [3.8, 4) is 16.9 Å². The molecule has 1 aliphatic carbocycles. The Morgan fingerprint density at radius 1 is 0.848 bits per heavy atom.